The number of benzene rings is 1. The van der Waals surface area contributed by atoms with Crippen molar-refractivity contribution in [3.8, 4) is 0 Å². The zero-order valence-electron chi connectivity index (χ0n) is 11.4. The van der Waals surface area contributed by atoms with E-state index < -0.39 is 0 Å². The highest BCUT2D eigenvalue weighted by atomic mass is 15.1. The van der Waals surface area contributed by atoms with Gasteiger partial charge in [0.15, 0.2) is 0 Å². The minimum absolute atomic E-state index is 0.650. The predicted molar refractivity (Wildman–Crippen MR) is 78.1 cm³/mol. The Morgan fingerprint density at radius 2 is 2.00 bits per heavy atom. The summed E-state index contributed by atoms with van der Waals surface area (Å²) in [6.45, 7) is 5.45. The van der Waals surface area contributed by atoms with Gasteiger partial charge in [-0.05, 0) is 43.0 Å². The molecule has 1 aliphatic heterocycles. The second kappa shape index (κ2) is 5.54. The fourth-order valence-corrected chi connectivity index (χ4v) is 2.81. The SMILES string of the molecule is Cc1ccc(C2CCN(Cc3ccccc3)C2)cn1. The average Bonchev–Trinajstić information content (AvgIpc) is 2.89. The highest BCUT2D eigenvalue weighted by Gasteiger charge is 2.23. The molecule has 0 radical (unpaired) electrons. The molecule has 2 heterocycles. The van der Waals surface area contributed by atoms with Crippen LogP contribution in [-0.2, 0) is 6.54 Å². The summed E-state index contributed by atoms with van der Waals surface area (Å²) in [5, 5.41) is 0. The molecule has 1 aliphatic rings. The maximum Gasteiger partial charge on any atom is 0.0372 e. The molecule has 3 rings (SSSR count). The fraction of sp³-hybridized carbons (Fsp3) is 0.353. The van der Waals surface area contributed by atoms with Gasteiger partial charge in [0.05, 0.1) is 0 Å². The Morgan fingerprint density at radius 1 is 1.16 bits per heavy atom. The molecule has 0 bridgehead atoms. The van der Waals surface area contributed by atoms with Crippen LogP contribution in [0, 0.1) is 6.92 Å². The van der Waals surface area contributed by atoms with Crippen molar-refractivity contribution in [2.75, 3.05) is 13.1 Å². The molecular formula is C17H20N2. The first kappa shape index (κ1) is 12.4. The van der Waals surface area contributed by atoms with E-state index in [0.717, 1.165) is 18.8 Å². The lowest BCUT2D eigenvalue weighted by atomic mass is 10.0. The van der Waals surface area contributed by atoms with Crippen LogP contribution >= 0.6 is 0 Å². The first-order valence-corrected chi connectivity index (χ1v) is 7.00. The molecule has 1 atom stereocenters. The number of rotatable bonds is 3. The monoisotopic (exact) mass is 252 g/mol. The van der Waals surface area contributed by atoms with E-state index in [4.69, 9.17) is 0 Å². The van der Waals surface area contributed by atoms with Gasteiger partial charge in [0.1, 0.15) is 0 Å². The van der Waals surface area contributed by atoms with Crippen LogP contribution in [-0.4, -0.2) is 23.0 Å². The van der Waals surface area contributed by atoms with Crippen LogP contribution in [0.1, 0.15) is 29.2 Å². The molecule has 19 heavy (non-hydrogen) atoms. The van der Waals surface area contributed by atoms with Gasteiger partial charge in [-0.2, -0.15) is 0 Å². The number of hydrogen-bond acceptors (Lipinski definition) is 2. The smallest absolute Gasteiger partial charge is 0.0372 e. The summed E-state index contributed by atoms with van der Waals surface area (Å²) in [5.74, 6) is 0.650. The molecule has 0 saturated carbocycles. The van der Waals surface area contributed by atoms with E-state index in [1.165, 1.54) is 24.1 Å². The van der Waals surface area contributed by atoms with Crippen molar-refractivity contribution in [2.24, 2.45) is 0 Å². The Balaban J connectivity index is 1.62. The third kappa shape index (κ3) is 3.02. The molecule has 0 N–H and O–H groups in total. The van der Waals surface area contributed by atoms with Crippen LogP contribution in [0.5, 0.6) is 0 Å². The molecule has 2 nitrogen and oxygen atoms in total. The van der Waals surface area contributed by atoms with Gasteiger partial charge in [-0.15, -0.1) is 0 Å². The quantitative estimate of drug-likeness (QED) is 0.832. The Labute approximate surface area is 115 Å². The number of aryl methyl sites for hydroxylation is 1. The zero-order chi connectivity index (χ0) is 13.1. The van der Waals surface area contributed by atoms with Crippen LogP contribution in [0.25, 0.3) is 0 Å². The van der Waals surface area contributed by atoms with Gasteiger partial charge in [0, 0.05) is 25.0 Å². The first-order valence-electron chi connectivity index (χ1n) is 7.00. The molecule has 98 valence electrons. The van der Waals surface area contributed by atoms with Gasteiger partial charge in [-0.25, -0.2) is 0 Å². The number of pyridine rings is 1. The molecule has 1 unspecified atom stereocenters. The van der Waals surface area contributed by atoms with Crippen molar-refractivity contribution in [2.45, 2.75) is 25.8 Å². The summed E-state index contributed by atoms with van der Waals surface area (Å²) >= 11 is 0. The summed E-state index contributed by atoms with van der Waals surface area (Å²) in [7, 11) is 0. The summed E-state index contributed by atoms with van der Waals surface area (Å²) in [4.78, 5) is 6.96. The largest absolute Gasteiger partial charge is 0.298 e. The van der Waals surface area contributed by atoms with E-state index in [2.05, 4.69) is 52.3 Å². The third-order valence-corrected chi connectivity index (χ3v) is 3.93. The number of aromatic nitrogens is 1. The van der Waals surface area contributed by atoms with Gasteiger partial charge in [-0.3, -0.25) is 9.88 Å². The summed E-state index contributed by atoms with van der Waals surface area (Å²) < 4.78 is 0. The maximum atomic E-state index is 4.41. The highest BCUT2D eigenvalue weighted by Crippen LogP contribution is 2.27. The number of nitrogens with zero attached hydrogens (tertiary/aromatic N) is 2. The van der Waals surface area contributed by atoms with Crippen LogP contribution < -0.4 is 0 Å². The Hall–Kier alpha value is -1.67. The summed E-state index contributed by atoms with van der Waals surface area (Å²) in [6, 6.07) is 15.1. The molecule has 2 aromatic rings. The molecule has 1 saturated heterocycles. The van der Waals surface area contributed by atoms with Crippen molar-refractivity contribution in [1.82, 2.24) is 9.88 Å². The number of hydrogen-bond donors (Lipinski definition) is 0. The normalized spacial score (nSPS) is 19.7. The molecule has 1 fully saturated rings. The highest BCUT2D eigenvalue weighted by molar-refractivity contribution is 5.20. The minimum atomic E-state index is 0.650. The van der Waals surface area contributed by atoms with Crippen LogP contribution in [0.3, 0.4) is 0 Å². The molecule has 0 aliphatic carbocycles. The van der Waals surface area contributed by atoms with E-state index in [9.17, 15) is 0 Å². The summed E-state index contributed by atoms with van der Waals surface area (Å²) in [5.41, 5.74) is 3.90. The van der Waals surface area contributed by atoms with Gasteiger partial charge >= 0.3 is 0 Å². The van der Waals surface area contributed by atoms with E-state index in [1.807, 2.05) is 13.1 Å². The standard InChI is InChI=1S/C17H20N2/c1-14-7-8-16(11-18-14)17-9-10-19(13-17)12-15-5-3-2-4-6-15/h2-8,11,17H,9-10,12-13H2,1H3. The fourth-order valence-electron chi connectivity index (χ4n) is 2.81. The summed E-state index contributed by atoms with van der Waals surface area (Å²) in [6.07, 6.45) is 3.30. The molecule has 1 aromatic carbocycles. The van der Waals surface area contributed by atoms with E-state index in [1.54, 1.807) is 0 Å². The van der Waals surface area contributed by atoms with Crippen molar-refractivity contribution in [1.29, 1.82) is 0 Å². The van der Waals surface area contributed by atoms with Crippen molar-refractivity contribution in [3.05, 3.63) is 65.5 Å². The predicted octanol–water partition coefficient (Wildman–Crippen LogP) is 3.38. The molecule has 1 aromatic heterocycles. The number of likely N-dealkylation sites (tertiary alicyclic amines) is 1. The Morgan fingerprint density at radius 3 is 2.74 bits per heavy atom. The maximum absolute atomic E-state index is 4.41. The lowest BCUT2D eigenvalue weighted by molar-refractivity contribution is 0.327. The lowest BCUT2D eigenvalue weighted by Crippen LogP contribution is -2.19. The molecule has 0 spiro atoms. The van der Waals surface area contributed by atoms with Crippen molar-refractivity contribution in [3.63, 3.8) is 0 Å². The van der Waals surface area contributed by atoms with Gasteiger partial charge < -0.3 is 0 Å². The minimum Gasteiger partial charge on any atom is -0.298 e. The topological polar surface area (TPSA) is 16.1 Å². The Bertz CT molecular complexity index is 519. The van der Waals surface area contributed by atoms with Gasteiger partial charge in [0.2, 0.25) is 0 Å². The van der Waals surface area contributed by atoms with Crippen LogP contribution in [0.4, 0.5) is 0 Å². The second-order valence-electron chi connectivity index (χ2n) is 5.44. The van der Waals surface area contributed by atoms with Crippen molar-refractivity contribution < 1.29 is 0 Å². The van der Waals surface area contributed by atoms with Crippen molar-refractivity contribution >= 4 is 0 Å². The van der Waals surface area contributed by atoms with Gasteiger partial charge in [-0.1, -0.05) is 36.4 Å². The van der Waals surface area contributed by atoms with E-state index >= 15 is 0 Å². The van der Waals surface area contributed by atoms with Gasteiger partial charge in [0.25, 0.3) is 0 Å². The first-order chi connectivity index (χ1) is 9.31. The van der Waals surface area contributed by atoms with E-state index in [0.29, 0.717) is 5.92 Å². The second-order valence-corrected chi connectivity index (χ2v) is 5.44. The molecular weight excluding hydrogens is 232 g/mol. The Kier molecular flexibility index (Phi) is 3.60. The average molecular weight is 252 g/mol. The van der Waals surface area contributed by atoms with Crippen LogP contribution in [0.15, 0.2) is 48.7 Å². The molecule has 2 heteroatoms. The molecule has 0 amide bonds. The van der Waals surface area contributed by atoms with E-state index in [-0.39, 0.29) is 0 Å². The van der Waals surface area contributed by atoms with Crippen LogP contribution in [0.2, 0.25) is 0 Å². The third-order valence-electron chi connectivity index (χ3n) is 3.93. The lowest BCUT2D eigenvalue weighted by Gasteiger charge is -2.16. The zero-order valence-corrected chi connectivity index (χ0v) is 11.4.